The number of unbranched alkanes of at least 4 members (excludes halogenated alkanes) is 2. The molecular formula is C37H44ClNO. The van der Waals surface area contributed by atoms with E-state index in [0.717, 1.165) is 80.3 Å². The van der Waals surface area contributed by atoms with Crippen LogP contribution < -0.4 is 5.32 Å². The van der Waals surface area contributed by atoms with Crippen LogP contribution in [0.15, 0.2) is 72.3 Å². The van der Waals surface area contributed by atoms with Crippen LogP contribution in [0.5, 0.6) is 0 Å². The summed E-state index contributed by atoms with van der Waals surface area (Å²) in [7, 11) is 0. The number of aryl methyl sites for hydroxylation is 2. The molecular weight excluding hydrogens is 510 g/mol. The second kappa shape index (κ2) is 12.8. The van der Waals surface area contributed by atoms with Crippen LogP contribution in [0.25, 0.3) is 6.08 Å². The number of aldehydes is 1. The summed E-state index contributed by atoms with van der Waals surface area (Å²) < 4.78 is 0. The molecule has 2 aliphatic carbocycles. The van der Waals surface area contributed by atoms with E-state index in [0.29, 0.717) is 0 Å². The number of fused-ring (bicyclic) bond motifs is 2. The van der Waals surface area contributed by atoms with Gasteiger partial charge in [-0.1, -0.05) is 92.4 Å². The second-order valence-electron chi connectivity index (χ2n) is 12.1. The summed E-state index contributed by atoms with van der Waals surface area (Å²) in [4.78, 5) is 11.7. The molecule has 2 nitrogen and oxygen atoms in total. The molecule has 0 heterocycles. The van der Waals surface area contributed by atoms with Gasteiger partial charge in [0.15, 0.2) is 0 Å². The van der Waals surface area contributed by atoms with E-state index in [1.807, 2.05) is 24.3 Å². The molecule has 3 aromatic carbocycles. The number of hydrogen-bond acceptors (Lipinski definition) is 2. The molecule has 0 saturated heterocycles. The lowest BCUT2D eigenvalue weighted by Gasteiger charge is -2.48. The average molecular weight is 554 g/mol. The number of anilines is 1. The molecule has 2 aliphatic rings. The summed E-state index contributed by atoms with van der Waals surface area (Å²) in [6, 6.07) is 23.6. The third-order valence-corrected chi connectivity index (χ3v) is 9.77. The Morgan fingerprint density at radius 2 is 1.60 bits per heavy atom. The van der Waals surface area contributed by atoms with Crippen molar-refractivity contribution in [2.24, 2.45) is 0 Å². The summed E-state index contributed by atoms with van der Waals surface area (Å²) in [5, 5.41) is 4.70. The standard InChI is InChI=1S/C37H44ClNO/c1-3-19-36(39-34-12-8-11-33(38)26-34)20-22-37(23-21-36)32(25-31-18-17-30(27-40)24-35(31)37)10-7-5-6-9-29-15-13-28(4-2)14-16-29/h8,11-18,24-27,39H,3-7,9-10,19-23H2,1-2H3. The van der Waals surface area contributed by atoms with Gasteiger partial charge >= 0.3 is 0 Å². The van der Waals surface area contributed by atoms with Crippen molar-refractivity contribution in [1.82, 2.24) is 0 Å². The molecule has 0 atom stereocenters. The molecule has 1 saturated carbocycles. The summed E-state index contributed by atoms with van der Waals surface area (Å²) >= 11 is 6.33. The Kier molecular flexibility index (Phi) is 9.16. The number of rotatable bonds is 12. The van der Waals surface area contributed by atoms with Gasteiger partial charge in [-0.05, 0) is 111 Å². The number of hydrogen-bond donors (Lipinski definition) is 1. The highest BCUT2D eigenvalue weighted by Crippen LogP contribution is 2.55. The highest BCUT2D eigenvalue weighted by molar-refractivity contribution is 6.30. The zero-order valence-electron chi connectivity index (χ0n) is 24.3. The van der Waals surface area contributed by atoms with E-state index in [-0.39, 0.29) is 11.0 Å². The first kappa shape index (κ1) is 28.7. The summed E-state index contributed by atoms with van der Waals surface area (Å²) in [5.74, 6) is 0. The first-order chi connectivity index (χ1) is 19.5. The Morgan fingerprint density at radius 3 is 2.30 bits per heavy atom. The van der Waals surface area contributed by atoms with Crippen LogP contribution in [0, 0.1) is 0 Å². The minimum Gasteiger partial charge on any atom is -0.380 e. The fraction of sp³-hybridized carbons (Fsp3) is 0.432. The van der Waals surface area contributed by atoms with Gasteiger partial charge in [-0.2, -0.15) is 0 Å². The van der Waals surface area contributed by atoms with Crippen LogP contribution in [0.3, 0.4) is 0 Å². The molecule has 0 bridgehead atoms. The summed E-state index contributed by atoms with van der Waals surface area (Å²) in [5.41, 5.74) is 9.21. The van der Waals surface area contributed by atoms with Gasteiger partial charge in [-0.15, -0.1) is 0 Å². The summed E-state index contributed by atoms with van der Waals surface area (Å²) in [6.45, 7) is 4.50. The maximum absolute atomic E-state index is 11.7. The molecule has 3 heteroatoms. The molecule has 0 radical (unpaired) electrons. The maximum atomic E-state index is 11.7. The molecule has 0 aromatic heterocycles. The zero-order chi connectivity index (χ0) is 28.0. The second-order valence-corrected chi connectivity index (χ2v) is 12.5. The molecule has 3 aromatic rings. The molecule has 1 fully saturated rings. The number of carbonyl (C=O) groups is 1. The van der Waals surface area contributed by atoms with Crippen LogP contribution in [0.2, 0.25) is 5.02 Å². The van der Waals surface area contributed by atoms with Gasteiger partial charge in [0.25, 0.3) is 0 Å². The smallest absolute Gasteiger partial charge is 0.150 e. The number of carbonyl (C=O) groups excluding carboxylic acids is 1. The Labute approximate surface area is 246 Å². The number of halogens is 1. The average Bonchev–Trinajstić information content (AvgIpc) is 3.27. The predicted molar refractivity (Wildman–Crippen MR) is 171 cm³/mol. The Bertz CT molecular complexity index is 1330. The summed E-state index contributed by atoms with van der Waals surface area (Å²) in [6.07, 6.45) is 17.3. The van der Waals surface area contributed by atoms with Gasteiger partial charge in [0.1, 0.15) is 6.29 Å². The van der Waals surface area contributed by atoms with Crippen LogP contribution in [-0.4, -0.2) is 11.8 Å². The number of benzene rings is 3. The first-order valence-electron chi connectivity index (χ1n) is 15.4. The highest BCUT2D eigenvalue weighted by Gasteiger charge is 2.47. The van der Waals surface area contributed by atoms with Crippen molar-refractivity contribution in [3.05, 3.63) is 105 Å². The molecule has 0 aliphatic heterocycles. The lowest BCUT2D eigenvalue weighted by molar-refractivity contribution is 0.112. The van der Waals surface area contributed by atoms with E-state index < -0.39 is 0 Å². The van der Waals surface area contributed by atoms with Gasteiger partial charge in [-0.25, -0.2) is 0 Å². The van der Waals surface area contributed by atoms with Gasteiger partial charge in [0.05, 0.1) is 0 Å². The Balaban J connectivity index is 1.29. The van der Waals surface area contributed by atoms with E-state index in [1.54, 1.807) is 5.57 Å². The quantitative estimate of drug-likeness (QED) is 0.178. The maximum Gasteiger partial charge on any atom is 0.150 e. The van der Waals surface area contributed by atoms with E-state index >= 15 is 0 Å². The van der Waals surface area contributed by atoms with Crippen molar-refractivity contribution in [3.8, 4) is 0 Å². The zero-order valence-corrected chi connectivity index (χ0v) is 25.0. The van der Waals surface area contributed by atoms with Gasteiger partial charge in [-0.3, -0.25) is 4.79 Å². The third kappa shape index (κ3) is 6.23. The van der Waals surface area contributed by atoms with Crippen molar-refractivity contribution in [3.63, 3.8) is 0 Å². The fourth-order valence-corrected chi connectivity index (χ4v) is 7.49. The van der Waals surface area contributed by atoms with Crippen LogP contribution in [0.4, 0.5) is 5.69 Å². The van der Waals surface area contributed by atoms with Crippen LogP contribution in [0.1, 0.15) is 111 Å². The molecule has 1 spiro atoms. The van der Waals surface area contributed by atoms with Crippen molar-refractivity contribution < 1.29 is 4.79 Å². The monoisotopic (exact) mass is 553 g/mol. The molecule has 1 N–H and O–H groups in total. The lowest BCUT2D eigenvalue weighted by atomic mass is 9.60. The van der Waals surface area contributed by atoms with Gasteiger partial charge < -0.3 is 5.32 Å². The molecule has 0 amide bonds. The molecule has 5 rings (SSSR count). The minimum absolute atomic E-state index is 0.0532. The number of allylic oxidation sites excluding steroid dienone is 1. The lowest BCUT2D eigenvalue weighted by Crippen LogP contribution is -2.46. The fourth-order valence-electron chi connectivity index (χ4n) is 7.30. The van der Waals surface area contributed by atoms with E-state index in [1.165, 1.54) is 41.5 Å². The largest absolute Gasteiger partial charge is 0.380 e. The van der Waals surface area contributed by atoms with Crippen LogP contribution >= 0.6 is 11.6 Å². The van der Waals surface area contributed by atoms with Crippen LogP contribution in [-0.2, 0) is 18.3 Å². The minimum atomic E-state index is 0.0532. The van der Waals surface area contributed by atoms with Crippen molar-refractivity contribution >= 4 is 29.7 Å². The van der Waals surface area contributed by atoms with Crippen molar-refractivity contribution in [1.29, 1.82) is 0 Å². The first-order valence-corrected chi connectivity index (χ1v) is 15.8. The van der Waals surface area contributed by atoms with Crippen molar-refractivity contribution in [2.45, 2.75) is 102 Å². The normalized spacial score (nSPS) is 21.7. The predicted octanol–water partition coefficient (Wildman–Crippen LogP) is 10.4. The van der Waals surface area contributed by atoms with Gasteiger partial charge in [0.2, 0.25) is 0 Å². The molecule has 40 heavy (non-hydrogen) atoms. The highest BCUT2D eigenvalue weighted by atomic mass is 35.5. The van der Waals surface area contributed by atoms with Gasteiger partial charge in [0, 0.05) is 27.2 Å². The molecule has 0 unspecified atom stereocenters. The Hall–Kier alpha value is -2.84. The SMILES string of the molecule is CCCC1(Nc2cccc(Cl)c2)CCC2(CC1)C(CCCCCc1ccc(CC)cc1)=Cc1ccc(C=O)cc12. The van der Waals surface area contributed by atoms with E-state index in [2.05, 4.69) is 67.7 Å². The van der Waals surface area contributed by atoms with E-state index in [9.17, 15) is 4.79 Å². The topological polar surface area (TPSA) is 29.1 Å². The van der Waals surface area contributed by atoms with Crippen molar-refractivity contribution in [2.75, 3.05) is 5.32 Å². The van der Waals surface area contributed by atoms with E-state index in [4.69, 9.17) is 11.6 Å². The molecule has 210 valence electrons. The Morgan fingerprint density at radius 1 is 0.850 bits per heavy atom. The third-order valence-electron chi connectivity index (χ3n) is 9.54. The number of nitrogens with one attached hydrogen (secondary N) is 1.